The van der Waals surface area contributed by atoms with E-state index in [2.05, 4.69) is 42.0 Å². The minimum absolute atomic E-state index is 0.111. The Labute approximate surface area is 106 Å². The van der Waals surface area contributed by atoms with Gasteiger partial charge in [0.1, 0.15) is 5.82 Å². The molecule has 1 N–H and O–H groups in total. The van der Waals surface area contributed by atoms with E-state index in [0.717, 1.165) is 23.0 Å². The summed E-state index contributed by atoms with van der Waals surface area (Å²) in [6.07, 6.45) is 0.769. The molecule has 1 aromatic carbocycles. The van der Waals surface area contributed by atoms with E-state index in [4.69, 9.17) is 0 Å². The molecule has 0 aliphatic carbocycles. The van der Waals surface area contributed by atoms with Crippen molar-refractivity contribution in [3.63, 3.8) is 0 Å². The van der Waals surface area contributed by atoms with Gasteiger partial charge in [-0.3, -0.25) is 0 Å². The van der Waals surface area contributed by atoms with Crippen LogP contribution in [-0.2, 0) is 6.42 Å². The Kier molecular flexibility index (Phi) is 5.42. The first-order valence-corrected chi connectivity index (χ1v) is 6.45. The fourth-order valence-electron chi connectivity index (χ4n) is 1.58. The lowest BCUT2D eigenvalue weighted by atomic mass is 10.0. The summed E-state index contributed by atoms with van der Waals surface area (Å²) < 4.78 is 14.4. The largest absolute Gasteiger partial charge is 0.314 e. The maximum Gasteiger partial charge on any atom is 0.126 e. The number of nitrogens with one attached hydrogen (secondary N) is 1. The SMILES string of the molecule is CC(CNC(C)C)Cc1cc(Br)ccc1F. The molecule has 0 aliphatic heterocycles. The summed E-state index contributed by atoms with van der Waals surface area (Å²) in [5.74, 6) is 0.325. The number of hydrogen-bond donors (Lipinski definition) is 1. The highest BCUT2D eigenvalue weighted by atomic mass is 79.9. The molecule has 1 aromatic rings. The summed E-state index contributed by atoms with van der Waals surface area (Å²) in [4.78, 5) is 0. The Balaban J connectivity index is 2.55. The van der Waals surface area contributed by atoms with E-state index in [1.54, 1.807) is 6.07 Å². The van der Waals surface area contributed by atoms with Crippen molar-refractivity contribution in [2.75, 3.05) is 6.54 Å². The van der Waals surface area contributed by atoms with Crippen LogP contribution >= 0.6 is 15.9 Å². The average Bonchev–Trinajstić information content (AvgIpc) is 2.20. The van der Waals surface area contributed by atoms with Crippen molar-refractivity contribution in [3.8, 4) is 0 Å². The van der Waals surface area contributed by atoms with Crippen LogP contribution in [-0.4, -0.2) is 12.6 Å². The standard InChI is InChI=1S/C13H19BrFN/c1-9(2)16-8-10(3)6-11-7-12(14)4-5-13(11)15/h4-5,7,9-10,16H,6,8H2,1-3H3. The third kappa shape index (κ3) is 4.62. The van der Waals surface area contributed by atoms with E-state index in [9.17, 15) is 4.39 Å². The fourth-order valence-corrected chi connectivity index (χ4v) is 1.99. The minimum atomic E-state index is -0.111. The van der Waals surface area contributed by atoms with Crippen LogP contribution in [0.3, 0.4) is 0 Å². The summed E-state index contributed by atoms with van der Waals surface area (Å²) in [6, 6.07) is 5.59. The second kappa shape index (κ2) is 6.36. The zero-order valence-corrected chi connectivity index (χ0v) is 11.6. The molecule has 0 saturated heterocycles. The van der Waals surface area contributed by atoms with Crippen molar-refractivity contribution in [2.45, 2.75) is 33.2 Å². The molecule has 0 fully saturated rings. The molecule has 0 saturated carbocycles. The molecule has 16 heavy (non-hydrogen) atoms. The topological polar surface area (TPSA) is 12.0 Å². The van der Waals surface area contributed by atoms with Gasteiger partial charge in [0.2, 0.25) is 0 Å². The van der Waals surface area contributed by atoms with Gasteiger partial charge in [-0.15, -0.1) is 0 Å². The number of halogens is 2. The Morgan fingerprint density at radius 1 is 1.31 bits per heavy atom. The highest BCUT2D eigenvalue weighted by Crippen LogP contribution is 2.18. The Hall–Kier alpha value is -0.410. The highest BCUT2D eigenvalue weighted by molar-refractivity contribution is 9.10. The molecule has 0 bridgehead atoms. The van der Waals surface area contributed by atoms with Gasteiger partial charge in [0, 0.05) is 10.5 Å². The van der Waals surface area contributed by atoms with E-state index < -0.39 is 0 Å². The monoisotopic (exact) mass is 287 g/mol. The van der Waals surface area contributed by atoms with E-state index >= 15 is 0 Å². The first-order chi connectivity index (χ1) is 7.49. The van der Waals surface area contributed by atoms with Crippen LogP contribution in [0.4, 0.5) is 4.39 Å². The van der Waals surface area contributed by atoms with Crippen molar-refractivity contribution in [2.24, 2.45) is 5.92 Å². The molecule has 0 heterocycles. The van der Waals surface area contributed by atoms with Gasteiger partial charge in [-0.25, -0.2) is 4.39 Å². The summed E-state index contributed by atoms with van der Waals surface area (Å²) in [6.45, 7) is 7.29. The van der Waals surface area contributed by atoms with E-state index in [1.165, 1.54) is 6.07 Å². The summed E-state index contributed by atoms with van der Waals surface area (Å²) >= 11 is 3.37. The van der Waals surface area contributed by atoms with Gasteiger partial charge in [0.25, 0.3) is 0 Å². The lowest BCUT2D eigenvalue weighted by molar-refractivity contribution is 0.467. The van der Waals surface area contributed by atoms with Gasteiger partial charge in [0.05, 0.1) is 0 Å². The molecule has 0 amide bonds. The first-order valence-electron chi connectivity index (χ1n) is 5.66. The van der Waals surface area contributed by atoms with Crippen molar-refractivity contribution in [1.29, 1.82) is 0 Å². The molecule has 1 nitrogen and oxygen atoms in total. The molecule has 1 rings (SSSR count). The summed E-state index contributed by atoms with van der Waals surface area (Å²) in [5.41, 5.74) is 0.785. The highest BCUT2D eigenvalue weighted by Gasteiger charge is 2.08. The molecular weight excluding hydrogens is 269 g/mol. The maximum absolute atomic E-state index is 13.5. The Bertz CT molecular complexity index is 339. The van der Waals surface area contributed by atoms with Crippen molar-refractivity contribution < 1.29 is 4.39 Å². The molecule has 3 heteroatoms. The predicted octanol–water partition coefficient (Wildman–Crippen LogP) is 3.76. The molecule has 1 atom stereocenters. The van der Waals surface area contributed by atoms with Crippen molar-refractivity contribution in [3.05, 3.63) is 34.1 Å². The third-order valence-electron chi connectivity index (χ3n) is 2.45. The fraction of sp³-hybridized carbons (Fsp3) is 0.538. The van der Waals surface area contributed by atoms with Gasteiger partial charge in [-0.1, -0.05) is 36.7 Å². The van der Waals surface area contributed by atoms with Crippen LogP contribution < -0.4 is 5.32 Å². The van der Waals surface area contributed by atoms with Crippen molar-refractivity contribution >= 4 is 15.9 Å². The first kappa shape index (κ1) is 13.7. The molecule has 1 unspecified atom stereocenters. The van der Waals surface area contributed by atoms with Gasteiger partial charge >= 0.3 is 0 Å². The van der Waals surface area contributed by atoms with Crippen LogP contribution in [0.25, 0.3) is 0 Å². The molecule has 90 valence electrons. The Morgan fingerprint density at radius 2 is 2.00 bits per heavy atom. The lowest BCUT2D eigenvalue weighted by Crippen LogP contribution is -2.28. The predicted molar refractivity (Wildman–Crippen MR) is 70.1 cm³/mol. The average molecular weight is 288 g/mol. The second-order valence-electron chi connectivity index (χ2n) is 4.61. The lowest BCUT2D eigenvalue weighted by Gasteiger charge is -2.15. The molecule has 0 spiro atoms. The van der Waals surface area contributed by atoms with Crippen LogP contribution in [0.1, 0.15) is 26.3 Å². The summed E-state index contributed by atoms with van der Waals surface area (Å²) in [7, 11) is 0. The second-order valence-corrected chi connectivity index (χ2v) is 5.52. The van der Waals surface area contributed by atoms with Crippen LogP contribution in [0.15, 0.2) is 22.7 Å². The number of benzene rings is 1. The smallest absolute Gasteiger partial charge is 0.126 e. The van der Waals surface area contributed by atoms with E-state index in [1.807, 2.05) is 6.07 Å². The number of hydrogen-bond acceptors (Lipinski definition) is 1. The van der Waals surface area contributed by atoms with Crippen LogP contribution in [0, 0.1) is 11.7 Å². The van der Waals surface area contributed by atoms with Gasteiger partial charge in [0.15, 0.2) is 0 Å². The summed E-state index contributed by atoms with van der Waals surface area (Å²) in [5, 5.41) is 3.37. The van der Waals surface area contributed by atoms with Crippen LogP contribution in [0.5, 0.6) is 0 Å². The molecule has 0 aliphatic rings. The van der Waals surface area contributed by atoms with Gasteiger partial charge in [-0.05, 0) is 42.6 Å². The van der Waals surface area contributed by atoms with Gasteiger partial charge in [-0.2, -0.15) is 0 Å². The van der Waals surface area contributed by atoms with E-state index in [0.29, 0.717) is 12.0 Å². The Morgan fingerprint density at radius 3 is 2.62 bits per heavy atom. The zero-order chi connectivity index (χ0) is 12.1. The maximum atomic E-state index is 13.5. The van der Waals surface area contributed by atoms with Crippen LogP contribution in [0.2, 0.25) is 0 Å². The molecule has 0 radical (unpaired) electrons. The van der Waals surface area contributed by atoms with E-state index in [-0.39, 0.29) is 5.82 Å². The van der Waals surface area contributed by atoms with Crippen molar-refractivity contribution in [1.82, 2.24) is 5.32 Å². The molecular formula is C13H19BrFN. The number of rotatable bonds is 5. The minimum Gasteiger partial charge on any atom is -0.314 e. The molecule has 0 aromatic heterocycles. The normalized spacial score (nSPS) is 13.1. The third-order valence-corrected chi connectivity index (χ3v) is 2.94. The zero-order valence-electron chi connectivity index (χ0n) is 10.1. The van der Waals surface area contributed by atoms with Gasteiger partial charge < -0.3 is 5.32 Å². The quantitative estimate of drug-likeness (QED) is 0.869.